The molecular formula is C11H13Cl2NO4. The van der Waals surface area contributed by atoms with Gasteiger partial charge in [0.15, 0.2) is 5.75 Å². The molecule has 1 rings (SSSR count). The summed E-state index contributed by atoms with van der Waals surface area (Å²) < 4.78 is 9.74. The highest BCUT2D eigenvalue weighted by molar-refractivity contribution is 6.37. The van der Waals surface area contributed by atoms with E-state index in [1.165, 1.54) is 26.4 Å². The highest BCUT2D eigenvalue weighted by atomic mass is 35.5. The molecule has 1 amide bonds. The van der Waals surface area contributed by atoms with Crippen LogP contribution in [0.5, 0.6) is 5.75 Å². The highest BCUT2D eigenvalue weighted by Gasteiger charge is 2.13. The van der Waals surface area contributed by atoms with Crippen LogP contribution in [0.4, 0.5) is 0 Å². The van der Waals surface area contributed by atoms with Gasteiger partial charge in [-0.1, -0.05) is 23.2 Å². The Bertz CT molecular complexity index is 402. The zero-order chi connectivity index (χ0) is 13.5. The fourth-order valence-corrected chi connectivity index (χ4v) is 1.83. The number of hydroxylamine groups is 1. The van der Waals surface area contributed by atoms with Crippen LogP contribution < -0.4 is 10.2 Å². The van der Waals surface area contributed by atoms with E-state index in [2.05, 4.69) is 5.48 Å². The molecule has 0 aliphatic heterocycles. The monoisotopic (exact) mass is 293 g/mol. The average molecular weight is 294 g/mol. The molecule has 0 spiro atoms. The van der Waals surface area contributed by atoms with Crippen molar-refractivity contribution in [2.24, 2.45) is 0 Å². The van der Waals surface area contributed by atoms with Crippen molar-refractivity contribution in [1.82, 2.24) is 5.48 Å². The zero-order valence-electron chi connectivity index (χ0n) is 9.96. The Morgan fingerprint density at radius 1 is 1.22 bits per heavy atom. The molecule has 0 radical (unpaired) electrons. The van der Waals surface area contributed by atoms with Gasteiger partial charge in [0.1, 0.15) is 0 Å². The molecule has 0 atom stereocenters. The zero-order valence-corrected chi connectivity index (χ0v) is 11.5. The van der Waals surface area contributed by atoms with Crippen LogP contribution in [0.25, 0.3) is 0 Å². The van der Waals surface area contributed by atoms with E-state index >= 15 is 0 Å². The largest absolute Gasteiger partial charge is 0.494 e. The number of methoxy groups -OCH3 is 2. The van der Waals surface area contributed by atoms with Gasteiger partial charge in [-0.2, -0.15) is 0 Å². The molecule has 7 heteroatoms. The van der Waals surface area contributed by atoms with Gasteiger partial charge in [-0.05, 0) is 12.1 Å². The molecule has 0 heterocycles. The molecule has 0 saturated carbocycles. The summed E-state index contributed by atoms with van der Waals surface area (Å²) >= 11 is 11.8. The number of carbonyl (C=O) groups excluding carboxylic acids is 1. The topological polar surface area (TPSA) is 56.8 Å². The lowest BCUT2D eigenvalue weighted by molar-refractivity contribution is 0.00888. The summed E-state index contributed by atoms with van der Waals surface area (Å²) in [5.41, 5.74) is 2.53. The van der Waals surface area contributed by atoms with Gasteiger partial charge in [-0.3, -0.25) is 9.63 Å². The Hall–Kier alpha value is -1.01. The lowest BCUT2D eigenvalue weighted by Gasteiger charge is -2.09. The quantitative estimate of drug-likeness (QED) is 0.646. The number of rotatable bonds is 6. The average Bonchev–Trinajstić information content (AvgIpc) is 2.34. The van der Waals surface area contributed by atoms with Gasteiger partial charge in [-0.25, -0.2) is 5.48 Å². The Morgan fingerprint density at radius 2 is 1.83 bits per heavy atom. The predicted molar refractivity (Wildman–Crippen MR) is 68.3 cm³/mol. The van der Waals surface area contributed by atoms with Crippen molar-refractivity contribution in [3.05, 3.63) is 27.7 Å². The number of nitrogens with one attached hydrogen (secondary N) is 1. The van der Waals surface area contributed by atoms with Crippen LogP contribution in [-0.2, 0) is 9.57 Å². The Labute approximate surface area is 115 Å². The first kappa shape index (κ1) is 15.0. The van der Waals surface area contributed by atoms with E-state index in [4.69, 9.17) is 37.5 Å². The first-order chi connectivity index (χ1) is 8.60. The molecule has 18 heavy (non-hydrogen) atoms. The number of carbonyl (C=O) groups is 1. The molecule has 0 aliphatic rings. The van der Waals surface area contributed by atoms with Crippen LogP contribution >= 0.6 is 23.2 Å². The minimum Gasteiger partial charge on any atom is -0.494 e. The molecule has 0 aromatic heterocycles. The number of amides is 1. The third kappa shape index (κ3) is 4.03. The van der Waals surface area contributed by atoms with E-state index in [1.54, 1.807) is 0 Å². The second kappa shape index (κ2) is 7.43. The molecule has 0 bridgehead atoms. The molecule has 100 valence electrons. The Kier molecular flexibility index (Phi) is 6.21. The summed E-state index contributed by atoms with van der Waals surface area (Å²) in [5, 5.41) is 0.513. The van der Waals surface area contributed by atoms with Crippen molar-refractivity contribution in [3.63, 3.8) is 0 Å². The smallest absolute Gasteiger partial charge is 0.274 e. The van der Waals surface area contributed by atoms with Gasteiger partial charge in [0.25, 0.3) is 5.91 Å². The van der Waals surface area contributed by atoms with E-state index in [-0.39, 0.29) is 22.2 Å². The van der Waals surface area contributed by atoms with E-state index in [9.17, 15) is 4.79 Å². The van der Waals surface area contributed by atoms with Crippen LogP contribution in [0, 0.1) is 0 Å². The lowest BCUT2D eigenvalue weighted by atomic mass is 10.2. The summed E-state index contributed by atoms with van der Waals surface area (Å²) in [6.45, 7) is 0.629. The van der Waals surface area contributed by atoms with Crippen LogP contribution in [0.15, 0.2) is 12.1 Å². The fourth-order valence-electron chi connectivity index (χ4n) is 1.19. The SMILES string of the molecule is COCCONC(=O)c1cc(Cl)c(OC)c(Cl)c1. The van der Waals surface area contributed by atoms with Crippen molar-refractivity contribution in [1.29, 1.82) is 0 Å². The van der Waals surface area contributed by atoms with Crippen LogP contribution in [0.3, 0.4) is 0 Å². The maximum Gasteiger partial charge on any atom is 0.274 e. The first-order valence-electron chi connectivity index (χ1n) is 5.04. The van der Waals surface area contributed by atoms with E-state index in [0.29, 0.717) is 12.4 Å². The molecule has 1 N–H and O–H groups in total. The number of hydrogen-bond donors (Lipinski definition) is 1. The summed E-state index contributed by atoms with van der Waals surface area (Å²) in [5.74, 6) is -0.118. The summed E-state index contributed by atoms with van der Waals surface area (Å²) in [6, 6.07) is 2.89. The summed E-state index contributed by atoms with van der Waals surface area (Å²) in [4.78, 5) is 16.6. The Balaban J connectivity index is 2.69. The normalized spacial score (nSPS) is 10.2. The highest BCUT2D eigenvalue weighted by Crippen LogP contribution is 2.33. The second-order valence-corrected chi connectivity index (χ2v) is 4.06. The molecule has 1 aromatic carbocycles. The lowest BCUT2D eigenvalue weighted by Crippen LogP contribution is -2.25. The summed E-state index contributed by atoms with van der Waals surface area (Å²) in [6.07, 6.45) is 0. The molecule has 0 aliphatic carbocycles. The van der Waals surface area contributed by atoms with Gasteiger partial charge in [0.2, 0.25) is 0 Å². The second-order valence-electron chi connectivity index (χ2n) is 3.25. The fraction of sp³-hybridized carbons (Fsp3) is 0.364. The maximum absolute atomic E-state index is 11.7. The molecule has 0 saturated heterocycles. The van der Waals surface area contributed by atoms with Crippen LogP contribution in [0.2, 0.25) is 10.0 Å². The van der Waals surface area contributed by atoms with Crippen molar-refractivity contribution < 1.29 is 19.1 Å². The molecule has 0 fully saturated rings. The van der Waals surface area contributed by atoms with E-state index in [0.717, 1.165) is 0 Å². The van der Waals surface area contributed by atoms with Crippen molar-refractivity contribution in [2.45, 2.75) is 0 Å². The molecule has 5 nitrogen and oxygen atoms in total. The van der Waals surface area contributed by atoms with Gasteiger partial charge >= 0.3 is 0 Å². The van der Waals surface area contributed by atoms with Gasteiger partial charge in [0, 0.05) is 12.7 Å². The maximum atomic E-state index is 11.7. The third-order valence-corrected chi connectivity index (χ3v) is 2.58. The van der Waals surface area contributed by atoms with Gasteiger partial charge in [-0.15, -0.1) is 0 Å². The molecule has 1 aromatic rings. The number of hydrogen-bond acceptors (Lipinski definition) is 4. The Morgan fingerprint density at radius 3 is 2.33 bits per heavy atom. The van der Waals surface area contributed by atoms with E-state index < -0.39 is 5.91 Å². The predicted octanol–water partition coefficient (Wildman–Crippen LogP) is 2.31. The van der Waals surface area contributed by atoms with Crippen molar-refractivity contribution in [2.75, 3.05) is 27.4 Å². The van der Waals surface area contributed by atoms with Gasteiger partial charge < -0.3 is 9.47 Å². The molecular weight excluding hydrogens is 281 g/mol. The van der Waals surface area contributed by atoms with Crippen LogP contribution in [0.1, 0.15) is 10.4 Å². The first-order valence-corrected chi connectivity index (χ1v) is 5.79. The molecule has 0 unspecified atom stereocenters. The third-order valence-electron chi connectivity index (χ3n) is 2.02. The van der Waals surface area contributed by atoms with Crippen molar-refractivity contribution in [3.8, 4) is 5.75 Å². The van der Waals surface area contributed by atoms with Crippen LogP contribution in [-0.4, -0.2) is 33.3 Å². The van der Waals surface area contributed by atoms with Crippen molar-refractivity contribution >= 4 is 29.1 Å². The van der Waals surface area contributed by atoms with E-state index in [1.807, 2.05) is 0 Å². The number of halogens is 2. The standard InChI is InChI=1S/C11H13Cl2NO4/c1-16-3-4-18-14-11(15)7-5-8(12)10(17-2)9(13)6-7/h5-6H,3-4H2,1-2H3,(H,14,15). The minimum absolute atomic E-state index is 0.250. The number of ether oxygens (including phenoxy) is 2. The van der Waals surface area contributed by atoms with Gasteiger partial charge in [0.05, 0.1) is 30.4 Å². The number of benzene rings is 1. The summed E-state index contributed by atoms with van der Waals surface area (Å²) in [7, 11) is 2.98. The minimum atomic E-state index is -0.447.